The minimum Gasteiger partial charge on any atom is -0.340 e. The number of carbonyl (C=O) groups is 2. The van der Waals surface area contributed by atoms with Crippen LogP contribution in [-0.4, -0.2) is 37.4 Å². The molecule has 0 aliphatic heterocycles. The number of Topliss-reactive ketones (excluding diaryl/α,β-unsaturated/α-hetero) is 1. The first kappa shape index (κ1) is 15.3. The zero-order chi connectivity index (χ0) is 14.3. The van der Waals surface area contributed by atoms with Crippen molar-refractivity contribution in [2.24, 2.45) is 5.73 Å². The fourth-order valence-corrected chi connectivity index (χ4v) is 1.84. The molecule has 19 heavy (non-hydrogen) atoms. The third-order valence-electron chi connectivity index (χ3n) is 3.08. The van der Waals surface area contributed by atoms with Crippen LogP contribution in [0.3, 0.4) is 0 Å². The quantitative estimate of drug-likeness (QED) is 0.579. The number of carbonyl (C=O) groups excluding carboxylic acids is 2. The first-order valence-corrected chi connectivity index (χ1v) is 6.42. The molecule has 0 aromatic heterocycles. The first-order valence-electron chi connectivity index (χ1n) is 6.42. The Hall–Kier alpha value is -1.72. The average Bonchev–Trinajstić information content (AvgIpc) is 2.42. The number of hydrogen-bond donors (Lipinski definition) is 3. The number of nitrogens with one attached hydrogen (secondary N) is 1. The maximum atomic E-state index is 12.1. The Labute approximate surface area is 113 Å². The van der Waals surface area contributed by atoms with Gasteiger partial charge in [-0.3, -0.25) is 9.59 Å². The van der Waals surface area contributed by atoms with Gasteiger partial charge in [0.05, 0.1) is 13.1 Å². The van der Waals surface area contributed by atoms with E-state index in [1.54, 1.807) is 0 Å². The number of amides is 1. The summed E-state index contributed by atoms with van der Waals surface area (Å²) in [7, 11) is 1.85. The predicted octanol–water partition coefficient (Wildman–Crippen LogP) is -1.18. The van der Waals surface area contributed by atoms with Gasteiger partial charge in [0.15, 0.2) is 11.8 Å². The molecule has 2 atom stereocenters. The average molecular weight is 264 g/mol. The molecule has 0 fully saturated rings. The summed E-state index contributed by atoms with van der Waals surface area (Å²) in [4.78, 5) is 23.4. The number of ketones is 1. The Balaban J connectivity index is 2.64. The topological polar surface area (TPSA) is 88.8 Å². The van der Waals surface area contributed by atoms with Crippen molar-refractivity contribution in [3.05, 3.63) is 35.9 Å². The van der Waals surface area contributed by atoms with Crippen molar-refractivity contribution in [3.8, 4) is 0 Å². The van der Waals surface area contributed by atoms with E-state index in [0.29, 0.717) is 6.42 Å². The summed E-state index contributed by atoms with van der Waals surface area (Å²) >= 11 is 0. The van der Waals surface area contributed by atoms with E-state index >= 15 is 0 Å². The van der Waals surface area contributed by atoms with Crippen molar-refractivity contribution in [1.29, 1.82) is 0 Å². The number of hydrogen-bond acceptors (Lipinski definition) is 3. The van der Waals surface area contributed by atoms with Crippen molar-refractivity contribution in [2.75, 3.05) is 13.6 Å². The van der Waals surface area contributed by atoms with Gasteiger partial charge in [-0.15, -0.1) is 0 Å². The molecule has 1 amide bonds. The molecule has 2 unspecified atom stereocenters. The molecule has 0 saturated heterocycles. The van der Waals surface area contributed by atoms with Gasteiger partial charge < -0.3 is 16.4 Å². The van der Waals surface area contributed by atoms with Crippen LogP contribution < -0.4 is 16.4 Å². The molecule has 1 aromatic carbocycles. The second kappa shape index (κ2) is 7.66. The lowest BCUT2D eigenvalue weighted by atomic mass is 10.0. The van der Waals surface area contributed by atoms with Gasteiger partial charge in [-0.05, 0) is 12.5 Å². The maximum absolute atomic E-state index is 12.1. The molecule has 0 spiro atoms. The van der Waals surface area contributed by atoms with Crippen LogP contribution >= 0.6 is 0 Å². The summed E-state index contributed by atoms with van der Waals surface area (Å²) in [5.41, 5.74) is 6.56. The van der Waals surface area contributed by atoms with Crippen LogP contribution in [-0.2, 0) is 16.0 Å². The van der Waals surface area contributed by atoms with Gasteiger partial charge in [0, 0.05) is 13.0 Å². The maximum Gasteiger partial charge on any atom is 0.279 e. The molecule has 0 aliphatic rings. The fourth-order valence-electron chi connectivity index (χ4n) is 1.84. The summed E-state index contributed by atoms with van der Waals surface area (Å²) in [6, 6.07) is 8.94. The van der Waals surface area contributed by atoms with Gasteiger partial charge in [0.25, 0.3) is 5.91 Å². The summed E-state index contributed by atoms with van der Waals surface area (Å²) < 4.78 is 0. The highest BCUT2D eigenvalue weighted by molar-refractivity contribution is 5.89. The molecule has 0 saturated carbocycles. The zero-order valence-corrected chi connectivity index (χ0v) is 11.4. The molecule has 0 bridgehead atoms. The molecule has 104 valence electrons. The van der Waals surface area contributed by atoms with Crippen molar-refractivity contribution in [2.45, 2.75) is 25.4 Å². The minimum atomic E-state index is -0.592. The first-order chi connectivity index (χ1) is 9.08. The van der Waals surface area contributed by atoms with Gasteiger partial charge in [-0.25, -0.2) is 0 Å². The molecule has 0 aliphatic carbocycles. The second-order valence-electron chi connectivity index (χ2n) is 4.54. The minimum absolute atomic E-state index is 0.120. The van der Waals surface area contributed by atoms with E-state index in [2.05, 4.69) is 5.32 Å². The largest absolute Gasteiger partial charge is 0.340 e. The van der Waals surface area contributed by atoms with E-state index in [-0.39, 0.29) is 24.3 Å². The Kier molecular flexibility index (Phi) is 6.18. The molecule has 0 radical (unpaired) electrons. The Morgan fingerprint density at radius 3 is 2.42 bits per heavy atom. The van der Waals surface area contributed by atoms with Crippen LogP contribution in [0.1, 0.15) is 12.5 Å². The van der Waals surface area contributed by atoms with Gasteiger partial charge in [0.2, 0.25) is 0 Å². The van der Waals surface area contributed by atoms with Crippen LogP contribution in [0.25, 0.3) is 0 Å². The van der Waals surface area contributed by atoms with Crippen molar-refractivity contribution >= 4 is 11.7 Å². The fraction of sp³-hybridized carbons (Fsp3) is 0.429. The van der Waals surface area contributed by atoms with Crippen molar-refractivity contribution in [3.63, 3.8) is 0 Å². The van der Waals surface area contributed by atoms with Crippen LogP contribution in [0.4, 0.5) is 0 Å². The van der Waals surface area contributed by atoms with E-state index in [9.17, 15) is 9.59 Å². The molecule has 1 aromatic rings. The van der Waals surface area contributed by atoms with Gasteiger partial charge >= 0.3 is 0 Å². The summed E-state index contributed by atoms with van der Waals surface area (Å²) in [5, 5.41) is 4.54. The lowest BCUT2D eigenvalue weighted by Gasteiger charge is -2.18. The second-order valence-corrected chi connectivity index (χ2v) is 4.54. The van der Waals surface area contributed by atoms with E-state index in [4.69, 9.17) is 5.73 Å². The molecular formula is C14H22N3O2+. The van der Waals surface area contributed by atoms with E-state index in [0.717, 1.165) is 5.56 Å². The van der Waals surface area contributed by atoms with Crippen LogP contribution in [0, 0.1) is 0 Å². The summed E-state index contributed by atoms with van der Waals surface area (Å²) in [5.74, 6) is -0.276. The summed E-state index contributed by atoms with van der Waals surface area (Å²) in [6.07, 6.45) is 0.623. The van der Waals surface area contributed by atoms with E-state index < -0.39 is 6.04 Å². The van der Waals surface area contributed by atoms with Crippen molar-refractivity contribution in [1.82, 2.24) is 5.32 Å². The van der Waals surface area contributed by atoms with Gasteiger partial charge in [0.1, 0.15) is 0 Å². The number of quaternary nitrogens is 1. The lowest BCUT2D eigenvalue weighted by molar-refractivity contribution is -0.649. The molecule has 5 N–H and O–H groups in total. The standard InChI is InChI=1S/C14H21N3O2/c1-10(18)13(9-15)17-14(19)12(16-2)8-11-6-4-3-5-7-11/h3-7,12-13,16H,8-9,15H2,1-2H3,(H,17,19)/p+1. The van der Waals surface area contributed by atoms with Gasteiger partial charge in [-0.1, -0.05) is 30.3 Å². The number of likely N-dealkylation sites (N-methyl/N-ethyl adjacent to an activating group) is 1. The Morgan fingerprint density at radius 1 is 1.32 bits per heavy atom. The van der Waals surface area contributed by atoms with Crippen LogP contribution in [0.2, 0.25) is 0 Å². The van der Waals surface area contributed by atoms with Crippen LogP contribution in [0.15, 0.2) is 30.3 Å². The SMILES string of the molecule is C[NH2+]C(Cc1ccccc1)C(=O)NC(CN)C(C)=O. The Morgan fingerprint density at radius 2 is 1.95 bits per heavy atom. The van der Waals surface area contributed by atoms with E-state index in [1.165, 1.54) is 6.92 Å². The smallest absolute Gasteiger partial charge is 0.279 e. The third-order valence-corrected chi connectivity index (χ3v) is 3.08. The normalized spacial score (nSPS) is 13.6. The van der Waals surface area contributed by atoms with Gasteiger partial charge in [-0.2, -0.15) is 0 Å². The summed E-state index contributed by atoms with van der Waals surface area (Å²) in [6.45, 7) is 1.56. The number of nitrogens with two attached hydrogens (primary N) is 2. The molecular weight excluding hydrogens is 242 g/mol. The molecule has 5 nitrogen and oxygen atoms in total. The highest BCUT2D eigenvalue weighted by Crippen LogP contribution is 2.01. The highest BCUT2D eigenvalue weighted by Gasteiger charge is 2.24. The predicted molar refractivity (Wildman–Crippen MR) is 73.4 cm³/mol. The number of benzene rings is 1. The molecule has 1 rings (SSSR count). The van der Waals surface area contributed by atoms with Crippen LogP contribution in [0.5, 0.6) is 0 Å². The highest BCUT2D eigenvalue weighted by atomic mass is 16.2. The van der Waals surface area contributed by atoms with E-state index in [1.807, 2.05) is 42.7 Å². The zero-order valence-electron chi connectivity index (χ0n) is 11.4. The lowest BCUT2D eigenvalue weighted by Crippen LogP contribution is -2.90. The van der Waals surface area contributed by atoms with Crippen molar-refractivity contribution < 1.29 is 14.9 Å². The molecule has 5 heteroatoms. The monoisotopic (exact) mass is 264 g/mol. The number of rotatable bonds is 7. The third kappa shape index (κ3) is 4.81. The molecule has 0 heterocycles. The Bertz CT molecular complexity index is 420.